The zero-order valence-electron chi connectivity index (χ0n) is 10.5. The van der Waals surface area contributed by atoms with Crippen molar-refractivity contribution in [3.8, 4) is 0 Å². The van der Waals surface area contributed by atoms with E-state index in [4.69, 9.17) is 0 Å². The molecule has 0 aliphatic carbocycles. The van der Waals surface area contributed by atoms with E-state index in [1.165, 1.54) is 0 Å². The van der Waals surface area contributed by atoms with Gasteiger partial charge in [-0.15, -0.1) is 0 Å². The van der Waals surface area contributed by atoms with Crippen molar-refractivity contribution < 1.29 is 9.90 Å². The second kappa shape index (κ2) is 5.04. The Morgan fingerprint density at radius 3 is 2.56 bits per heavy atom. The van der Waals surface area contributed by atoms with Gasteiger partial charge in [-0.05, 0) is 24.5 Å². The molecule has 94 valence electrons. The van der Waals surface area contributed by atoms with Crippen LogP contribution in [0.2, 0.25) is 0 Å². The minimum Gasteiger partial charge on any atom is -0.481 e. The number of carboxylic acid groups (broad SMARTS) is 1. The molecule has 1 heterocycles. The first-order valence-corrected chi connectivity index (χ1v) is 5.83. The lowest BCUT2D eigenvalue weighted by atomic mass is 9.93. The Hall–Kier alpha value is -2.10. The zero-order chi connectivity index (χ0) is 13.1. The van der Waals surface area contributed by atoms with Crippen LogP contribution in [-0.2, 0) is 18.3 Å². The maximum absolute atomic E-state index is 11.4. The third-order valence-corrected chi connectivity index (χ3v) is 2.98. The number of aromatic nitrogens is 2. The average molecular weight is 244 g/mol. The predicted molar refractivity (Wildman–Crippen MR) is 68.5 cm³/mol. The van der Waals surface area contributed by atoms with Gasteiger partial charge in [-0.3, -0.25) is 9.48 Å². The number of carboxylic acids is 1. The Morgan fingerprint density at radius 1 is 1.39 bits per heavy atom. The fraction of sp³-hybridized carbons (Fsp3) is 0.286. The molecule has 0 spiro atoms. The summed E-state index contributed by atoms with van der Waals surface area (Å²) in [5.41, 5.74) is 2.90. The highest BCUT2D eigenvalue weighted by Gasteiger charge is 2.20. The molecule has 1 aromatic heterocycles. The molecule has 2 aromatic rings. The highest BCUT2D eigenvalue weighted by Crippen LogP contribution is 2.21. The highest BCUT2D eigenvalue weighted by atomic mass is 16.4. The smallest absolute Gasteiger partial charge is 0.311 e. The van der Waals surface area contributed by atoms with Crippen LogP contribution in [0.1, 0.15) is 22.6 Å². The minimum absolute atomic E-state index is 0.465. The summed E-state index contributed by atoms with van der Waals surface area (Å²) in [4.78, 5) is 11.4. The van der Waals surface area contributed by atoms with Gasteiger partial charge >= 0.3 is 5.97 Å². The van der Waals surface area contributed by atoms with E-state index in [9.17, 15) is 9.90 Å². The third-order valence-electron chi connectivity index (χ3n) is 2.98. The lowest BCUT2D eigenvalue weighted by Crippen LogP contribution is -2.14. The quantitative estimate of drug-likeness (QED) is 0.896. The molecule has 0 fully saturated rings. The zero-order valence-corrected chi connectivity index (χ0v) is 10.5. The highest BCUT2D eigenvalue weighted by molar-refractivity contribution is 5.76. The van der Waals surface area contributed by atoms with Crippen molar-refractivity contribution in [3.05, 3.63) is 53.3 Å². The molecule has 1 N–H and O–H groups in total. The van der Waals surface area contributed by atoms with Gasteiger partial charge < -0.3 is 5.11 Å². The summed E-state index contributed by atoms with van der Waals surface area (Å²) < 4.78 is 1.68. The van der Waals surface area contributed by atoms with Crippen molar-refractivity contribution in [1.82, 2.24) is 9.78 Å². The molecule has 0 saturated carbocycles. The van der Waals surface area contributed by atoms with Crippen molar-refractivity contribution >= 4 is 5.97 Å². The summed E-state index contributed by atoms with van der Waals surface area (Å²) in [5.74, 6) is -1.32. The Morgan fingerprint density at radius 2 is 2.06 bits per heavy atom. The molecular weight excluding hydrogens is 228 g/mol. The molecule has 0 radical (unpaired) electrons. The van der Waals surface area contributed by atoms with E-state index in [0.29, 0.717) is 6.42 Å². The number of carbonyl (C=O) groups is 1. The first kappa shape index (κ1) is 12.4. The fourth-order valence-corrected chi connectivity index (χ4v) is 1.96. The molecule has 4 nitrogen and oxygen atoms in total. The number of benzene rings is 1. The van der Waals surface area contributed by atoms with E-state index >= 15 is 0 Å². The van der Waals surface area contributed by atoms with E-state index in [1.807, 2.05) is 44.4 Å². The van der Waals surface area contributed by atoms with Gasteiger partial charge in [-0.2, -0.15) is 5.10 Å². The maximum Gasteiger partial charge on any atom is 0.311 e. The minimum atomic E-state index is -0.803. The Labute approximate surface area is 106 Å². The van der Waals surface area contributed by atoms with E-state index in [2.05, 4.69) is 5.10 Å². The molecule has 0 saturated heterocycles. The Bertz CT molecular complexity index is 543. The van der Waals surface area contributed by atoms with Gasteiger partial charge in [0.05, 0.1) is 12.1 Å². The molecular formula is C14H16N2O2. The van der Waals surface area contributed by atoms with Crippen LogP contribution in [0.25, 0.3) is 0 Å². The van der Waals surface area contributed by atoms with E-state index in [1.54, 1.807) is 10.9 Å². The predicted octanol–water partition coefficient (Wildman–Crippen LogP) is 2.14. The second-order valence-corrected chi connectivity index (χ2v) is 4.53. The van der Waals surface area contributed by atoms with Crippen LogP contribution < -0.4 is 0 Å². The SMILES string of the molecule is Cc1ccc(C(Cc2cnn(C)c2)C(=O)O)cc1. The summed E-state index contributed by atoms with van der Waals surface area (Å²) in [6, 6.07) is 7.64. The van der Waals surface area contributed by atoms with E-state index in [-0.39, 0.29) is 0 Å². The van der Waals surface area contributed by atoms with Crippen LogP contribution in [0.15, 0.2) is 36.7 Å². The first-order chi connectivity index (χ1) is 8.56. The standard InChI is InChI=1S/C14H16N2O2/c1-10-3-5-12(6-4-10)13(14(17)18)7-11-8-15-16(2)9-11/h3-6,8-9,13H,7H2,1-2H3,(H,17,18). The molecule has 1 atom stereocenters. The van der Waals surface area contributed by atoms with Gasteiger partial charge in [0.25, 0.3) is 0 Å². The molecule has 2 rings (SSSR count). The number of aliphatic carboxylic acids is 1. The summed E-state index contributed by atoms with van der Waals surface area (Å²) in [5, 5.41) is 13.4. The van der Waals surface area contributed by atoms with Gasteiger partial charge in [0, 0.05) is 13.2 Å². The molecule has 0 amide bonds. The molecule has 4 heteroatoms. The molecule has 0 bridgehead atoms. The van der Waals surface area contributed by atoms with Crippen molar-refractivity contribution in [2.24, 2.45) is 7.05 Å². The number of rotatable bonds is 4. The number of aryl methyl sites for hydroxylation is 2. The number of hydrogen-bond donors (Lipinski definition) is 1. The Balaban J connectivity index is 2.23. The molecule has 0 aliphatic rings. The lowest BCUT2D eigenvalue weighted by molar-refractivity contribution is -0.138. The van der Waals surface area contributed by atoms with Crippen LogP contribution in [0, 0.1) is 6.92 Å². The van der Waals surface area contributed by atoms with Crippen LogP contribution in [0.4, 0.5) is 0 Å². The monoisotopic (exact) mass is 244 g/mol. The first-order valence-electron chi connectivity index (χ1n) is 5.83. The van der Waals surface area contributed by atoms with Gasteiger partial charge in [0.1, 0.15) is 0 Å². The summed E-state index contributed by atoms with van der Waals surface area (Å²) in [7, 11) is 1.82. The molecule has 1 unspecified atom stereocenters. The van der Waals surface area contributed by atoms with Gasteiger partial charge in [-0.1, -0.05) is 29.8 Å². The number of nitrogens with zero attached hydrogens (tertiary/aromatic N) is 2. The molecule has 18 heavy (non-hydrogen) atoms. The largest absolute Gasteiger partial charge is 0.481 e. The lowest BCUT2D eigenvalue weighted by Gasteiger charge is -2.11. The van der Waals surface area contributed by atoms with Crippen molar-refractivity contribution in [3.63, 3.8) is 0 Å². The molecule has 1 aromatic carbocycles. The summed E-state index contributed by atoms with van der Waals surface area (Å²) in [6.45, 7) is 1.99. The maximum atomic E-state index is 11.4. The third kappa shape index (κ3) is 2.77. The van der Waals surface area contributed by atoms with Crippen LogP contribution in [0.5, 0.6) is 0 Å². The van der Waals surface area contributed by atoms with Crippen LogP contribution in [0.3, 0.4) is 0 Å². The van der Waals surface area contributed by atoms with E-state index in [0.717, 1.165) is 16.7 Å². The van der Waals surface area contributed by atoms with E-state index < -0.39 is 11.9 Å². The average Bonchev–Trinajstić information content (AvgIpc) is 2.73. The van der Waals surface area contributed by atoms with Crippen LogP contribution in [-0.4, -0.2) is 20.9 Å². The van der Waals surface area contributed by atoms with Crippen molar-refractivity contribution in [2.45, 2.75) is 19.3 Å². The summed E-state index contributed by atoms with van der Waals surface area (Å²) in [6.07, 6.45) is 4.03. The van der Waals surface area contributed by atoms with Crippen LogP contribution >= 0.6 is 0 Å². The van der Waals surface area contributed by atoms with Crippen molar-refractivity contribution in [1.29, 1.82) is 0 Å². The van der Waals surface area contributed by atoms with Gasteiger partial charge in [0.2, 0.25) is 0 Å². The second-order valence-electron chi connectivity index (χ2n) is 4.53. The molecule has 0 aliphatic heterocycles. The topological polar surface area (TPSA) is 55.1 Å². The van der Waals surface area contributed by atoms with Crippen molar-refractivity contribution in [2.75, 3.05) is 0 Å². The number of hydrogen-bond acceptors (Lipinski definition) is 2. The normalized spacial score (nSPS) is 12.3. The Kier molecular flexibility index (Phi) is 3.46. The summed E-state index contributed by atoms with van der Waals surface area (Å²) >= 11 is 0. The fourth-order valence-electron chi connectivity index (χ4n) is 1.96. The van der Waals surface area contributed by atoms with Gasteiger partial charge in [-0.25, -0.2) is 0 Å². The van der Waals surface area contributed by atoms with Gasteiger partial charge in [0.15, 0.2) is 0 Å².